The fourth-order valence-electron chi connectivity index (χ4n) is 6.95. The van der Waals surface area contributed by atoms with Crippen LogP contribution in [0.5, 0.6) is 0 Å². The van der Waals surface area contributed by atoms with E-state index in [-0.39, 0.29) is 53.4 Å². The smallest absolute Gasteiger partial charge is 0.340 e. The Balaban J connectivity index is 1.02. The molecule has 272 valence electrons. The molecule has 0 radical (unpaired) electrons. The van der Waals surface area contributed by atoms with Crippen molar-refractivity contribution in [1.29, 1.82) is 0 Å². The fraction of sp³-hybridized carbons (Fsp3) is 0.618. The number of hydrogen-bond acceptors (Lipinski definition) is 12. The van der Waals surface area contributed by atoms with Gasteiger partial charge in [-0.1, -0.05) is 0 Å². The van der Waals surface area contributed by atoms with Crippen LogP contribution >= 0.6 is 23.5 Å². The second-order valence-electron chi connectivity index (χ2n) is 13.8. The molecule has 6 atom stereocenters. The van der Waals surface area contributed by atoms with Crippen molar-refractivity contribution in [3.05, 3.63) is 55.8 Å². The quantitative estimate of drug-likeness (QED) is 0.0917. The summed E-state index contributed by atoms with van der Waals surface area (Å²) in [6, 6.07) is -0.112. The molecule has 2 aliphatic carbocycles. The minimum Gasteiger partial charge on any atom is -0.458 e. The Morgan fingerprint density at radius 3 is 2.66 bits per heavy atom. The monoisotopic (exact) mass is 732 g/mol. The number of carbonyl (C=O) groups excluding carboxylic acids is 3. The molecule has 0 saturated heterocycles. The minimum absolute atomic E-state index is 0.0367. The summed E-state index contributed by atoms with van der Waals surface area (Å²) in [5, 5.41) is 29.8. The minimum atomic E-state index is -1.53. The summed E-state index contributed by atoms with van der Waals surface area (Å²) in [4.78, 5) is 54.9. The van der Waals surface area contributed by atoms with Gasteiger partial charge in [0.1, 0.15) is 24.7 Å². The van der Waals surface area contributed by atoms with Crippen LogP contribution in [0.1, 0.15) is 75.8 Å². The Morgan fingerprint density at radius 2 is 1.94 bits per heavy atom. The van der Waals surface area contributed by atoms with Crippen LogP contribution in [0.15, 0.2) is 38.4 Å². The van der Waals surface area contributed by atoms with Crippen molar-refractivity contribution in [3.63, 3.8) is 0 Å². The van der Waals surface area contributed by atoms with E-state index in [9.17, 15) is 33.8 Å². The molecule has 16 heteroatoms. The number of dihydropyridines is 1. The van der Waals surface area contributed by atoms with Crippen LogP contribution in [-0.4, -0.2) is 91.3 Å². The molecule has 1 aromatic heterocycles. The van der Waals surface area contributed by atoms with Crippen LogP contribution in [-0.2, 0) is 32.3 Å². The summed E-state index contributed by atoms with van der Waals surface area (Å²) in [5.74, 6) is 1.25. The summed E-state index contributed by atoms with van der Waals surface area (Å²) in [7, 11) is 0. The second kappa shape index (κ2) is 14.9. The van der Waals surface area contributed by atoms with Gasteiger partial charge in [0.2, 0.25) is 11.8 Å². The summed E-state index contributed by atoms with van der Waals surface area (Å²) in [6.45, 7) is 5.10. The normalized spacial score (nSPS) is 25.0. The van der Waals surface area contributed by atoms with E-state index >= 15 is 0 Å². The number of rotatable bonds is 14. The van der Waals surface area contributed by atoms with Crippen molar-refractivity contribution in [2.45, 2.75) is 102 Å². The Morgan fingerprint density at radius 1 is 1.20 bits per heavy atom. The van der Waals surface area contributed by atoms with Crippen LogP contribution in [0, 0.1) is 5.92 Å². The highest BCUT2D eigenvalue weighted by atomic mass is 32.2. The topological polar surface area (TPSA) is 197 Å². The molecule has 0 spiro atoms. The van der Waals surface area contributed by atoms with Gasteiger partial charge in [-0.05, 0) is 80.7 Å². The van der Waals surface area contributed by atoms with Gasteiger partial charge in [0.05, 0.1) is 41.1 Å². The number of thioether (sulfide) groups is 2. The predicted molar refractivity (Wildman–Crippen MR) is 189 cm³/mol. The highest BCUT2D eigenvalue weighted by Crippen LogP contribution is 2.44. The van der Waals surface area contributed by atoms with Crippen molar-refractivity contribution in [2.24, 2.45) is 16.6 Å². The second-order valence-corrected chi connectivity index (χ2v) is 16.1. The van der Waals surface area contributed by atoms with Crippen molar-refractivity contribution >= 4 is 47.0 Å². The van der Waals surface area contributed by atoms with Crippen LogP contribution < -0.4 is 27.2 Å². The number of aromatic nitrogens is 1. The molecule has 50 heavy (non-hydrogen) atoms. The van der Waals surface area contributed by atoms with Crippen molar-refractivity contribution in [2.75, 3.05) is 23.1 Å². The highest BCUT2D eigenvalue weighted by molar-refractivity contribution is 8.00. The Kier molecular flexibility index (Phi) is 11.0. The van der Waals surface area contributed by atoms with E-state index in [1.807, 2.05) is 6.92 Å². The maximum Gasteiger partial charge on any atom is 0.340 e. The number of halogens is 1. The van der Waals surface area contributed by atoms with Gasteiger partial charge in [-0.3, -0.25) is 24.7 Å². The molecule has 4 unspecified atom stereocenters. The number of pyridine rings is 1. The van der Waals surface area contributed by atoms with Gasteiger partial charge in [-0.15, -0.1) is 11.8 Å². The first-order chi connectivity index (χ1) is 23.8. The van der Waals surface area contributed by atoms with Crippen molar-refractivity contribution in [3.8, 4) is 0 Å². The van der Waals surface area contributed by atoms with E-state index in [4.69, 9.17) is 15.5 Å². The first-order valence-corrected chi connectivity index (χ1v) is 19.3. The zero-order chi connectivity index (χ0) is 35.9. The molecule has 1 aromatic rings. The molecule has 0 bridgehead atoms. The SMILES string of the molecule is CC1=C(F)CC2N=C3C(=C(CSCCCSCNC(O)C4(NC(=O)[C@H](C)NC(=O)[C@H](C)N)CC4)C2C1)Cn1c3cc2c(c1=O)COC(=O)C2O. The standard InChI is InChI=1S/C34H45FN6O7S2/c1-16-9-19-23(14-49-7-4-8-50-15-37-33(47)34(5-6-34)40-30(44)18(3)38-29(43)17(2)36)21-12-41-26(27(21)39-25(19)11-24(16)35)10-20-22(31(41)45)13-48-32(46)28(20)42/h10,17-19,25,28,33,37,42,47H,4-9,11-15,36H2,1-3H3,(H,38,43)(H,40,44)/t17-,18-,19?,25?,28?,33?/m0/s1. The van der Waals surface area contributed by atoms with Gasteiger partial charge in [-0.2, -0.15) is 11.8 Å². The summed E-state index contributed by atoms with van der Waals surface area (Å²) < 4.78 is 21.5. The third-order valence-electron chi connectivity index (χ3n) is 10.2. The van der Waals surface area contributed by atoms with Gasteiger partial charge in [0, 0.05) is 29.5 Å². The number of cyclic esters (lactones) is 1. The lowest BCUT2D eigenvalue weighted by Crippen LogP contribution is -2.57. The molecule has 5 aliphatic rings. The van der Waals surface area contributed by atoms with Gasteiger partial charge in [-0.25, -0.2) is 9.18 Å². The zero-order valence-electron chi connectivity index (χ0n) is 28.4. The Hall–Kier alpha value is -3.02. The number of aliphatic hydroxyl groups excluding tert-OH is 2. The van der Waals surface area contributed by atoms with E-state index in [0.717, 1.165) is 29.1 Å². The van der Waals surface area contributed by atoms with Crippen molar-refractivity contribution in [1.82, 2.24) is 20.5 Å². The molecular formula is C34H45FN6O7S2. The summed E-state index contributed by atoms with van der Waals surface area (Å²) in [5.41, 5.74) is 9.09. The van der Waals surface area contributed by atoms with E-state index in [1.165, 1.54) is 5.57 Å². The molecule has 2 amide bonds. The fourth-order valence-corrected chi connectivity index (χ4v) is 9.00. The summed E-state index contributed by atoms with van der Waals surface area (Å²) in [6.07, 6.45) is 0.502. The molecule has 3 aliphatic heterocycles. The first kappa shape index (κ1) is 36.8. The number of amides is 2. The Bertz CT molecular complexity index is 1720. The van der Waals surface area contributed by atoms with Gasteiger partial charge < -0.3 is 35.9 Å². The molecule has 0 aromatic carbocycles. The van der Waals surface area contributed by atoms with E-state index < -0.39 is 41.8 Å². The number of aliphatic hydroxyl groups is 2. The lowest BCUT2D eigenvalue weighted by molar-refractivity contribution is -0.157. The van der Waals surface area contributed by atoms with Crippen LogP contribution in [0.25, 0.3) is 0 Å². The molecule has 7 N–H and O–H groups in total. The third-order valence-corrected chi connectivity index (χ3v) is 12.2. The predicted octanol–water partition coefficient (Wildman–Crippen LogP) is 1.30. The lowest BCUT2D eigenvalue weighted by Gasteiger charge is -2.35. The van der Waals surface area contributed by atoms with Gasteiger partial charge >= 0.3 is 5.97 Å². The van der Waals surface area contributed by atoms with Gasteiger partial charge in [0.25, 0.3) is 5.56 Å². The molecule has 1 fully saturated rings. The number of fused-ring (bicyclic) bond motifs is 5. The number of ether oxygens (including phenoxy) is 1. The third kappa shape index (κ3) is 7.33. The van der Waals surface area contributed by atoms with Crippen LogP contribution in [0.2, 0.25) is 0 Å². The number of esters is 1. The average Bonchev–Trinajstić information content (AvgIpc) is 3.77. The maximum atomic E-state index is 14.8. The lowest BCUT2D eigenvalue weighted by atomic mass is 9.76. The number of carbonyl (C=O) groups is 3. The number of allylic oxidation sites excluding steroid dienone is 2. The maximum absolute atomic E-state index is 14.8. The number of aliphatic imine (C=N–C) groups is 1. The number of nitrogens with two attached hydrogens (primary N) is 1. The van der Waals surface area contributed by atoms with Gasteiger partial charge in [0.15, 0.2) is 6.10 Å². The Labute approximate surface area is 298 Å². The number of hydrogen-bond donors (Lipinski definition) is 6. The van der Waals surface area contributed by atoms with E-state index in [1.54, 1.807) is 48.0 Å². The first-order valence-electron chi connectivity index (χ1n) is 17.0. The average molecular weight is 733 g/mol. The number of nitrogens with zero attached hydrogens (tertiary/aromatic N) is 2. The molecule has 6 rings (SSSR count). The molecular weight excluding hydrogens is 688 g/mol. The molecule has 1 saturated carbocycles. The highest BCUT2D eigenvalue weighted by Gasteiger charge is 2.50. The van der Waals surface area contributed by atoms with Crippen LogP contribution in [0.4, 0.5) is 4.39 Å². The largest absolute Gasteiger partial charge is 0.458 e. The molecule has 13 nitrogen and oxygen atoms in total. The number of nitrogens with one attached hydrogen (secondary N) is 3. The molecule has 4 heterocycles. The van der Waals surface area contributed by atoms with E-state index in [2.05, 4.69) is 16.0 Å². The summed E-state index contributed by atoms with van der Waals surface area (Å²) >= 11 is 3.43. The van der Waals surface area contributed by atoms with E-state index in [0.29, 0.717) is 48.8 Å². The van der Waals surface area contributed by atoms with Crippen LogP contribution in [0.3, 0.4) is 0 Å². The van der Waals surface area contributed by atoms with Crippen molar-refractivity contribution < 1.29 is 33.7 Å². The zero-order valence-corrected chi connectivity index (χ0v) is 30.1.